The molecule has 1 saturated heterocycles. The lowest BCUT2D eigenvalue weighted by Gasteiger charge is -2.35. The van der Waals surface area contributed by atoms with E-state index < -0.39 is 6.10 Å². The highest BCUT2D eigenvalue weighted by Gasteiger charge is 2.21. The summed E-state index contributed by atoms with van der Waals surface area (Å²) in [5.41, 5.74) is 0.770. The summed E-state index contributed by atoms with van der Waals surface area (Å²) in [4.78, 5) is 4.74. The average Bonchev–Trinajstić information content (AvgIpc) is 2.53. The number of halogens is 1. The molecule has 0 aliphatic carbocycles. The molecule has 22 heavy (non-hydrogen) atoms. The average molecular weight is 327 g/mol. The van der Waals surface area contributed by atoms with Crippen molar-refractivity contribution in [2.75, 3.05) is 40.8 Å². The SMILES string of the molecule is COc1ccc(Cl)cc1C(O)CCN(C)C1CCN(C)CC1. The number of aliphatic hydroxyl groups is 1. The first-order valence-electron chi connectivity index (χ1n) is 7.91. The van der Waals surface area contributed by atoms with Gasteiger partial charge in [-0.25, -0.2) is 0 Å². The van der Waals surface area contributed by atoms with Crippen LogP contribution in [0.4, 0.5) is 0 Å². The number of ether oxygens (including phenoxy) is 1. The smallest absolute Gasteiger partial charge is 0.124 e. The molecule has 0 spiro atoms. The number of rotatable bonds is 6. The maximum absolute atomic E-state index is 10.5. The molecule has 1 heterocycles. The van der Waals surface area contributed by atoms with Crippen LogP contribution in [-0.2, 0) is 0 Å². The van der Waals surface area contributed by atoms with Crippen LogP contribution in [0.2, 0.25) is 5.02 Å². The fourth-order valence-corrected chi connectivity index (χ4v) is 3.25. The van der Waals surface area contributed by atoms with Crippen molar-refractivity contribution in [2.24, 2.45) is 0 Å². The number of aliphatic hydroxyl groups excluding tert-OH is 1. The molecular formula is C17H27ClN2O2. The van der Waals surface area contributed by atoms with Crippen molar-refractivity contribution in [2.45, 2.75) is 31.4 Å². The van der Waals surface area contributed by atoms with Crippen molar-refractivity contribution in [3.05, 3.63) is 28.8 Å². The molecule has 0 aromatic heterocycles. The van der Waals surface area contributed by atoms with Crippen molar-refractivity contribution in [1.29, 1.82) is 0 Å². The van der Waals surface area contributed by atoms with E-state index in [1.54, 1.807) is 19.2 Å². The number of hydrogen-bond acceptors (Lipinski definition) is 4. The molecule has 1 aromatic rings. The summed E-state index contributed by atoms with van der Waals surface area (Å²) in [6.07, 6.45) is 2.52. The van der Waals surface area contributed by atoms with Gasteiger partial charge in [0.15, 0.2) is 0 Å². The molecule has 1 N–H and O–H groups in total. The first-order valence-corrected chi connectivity index (χ1v) is 8.29. The van der Waals surface area contributed by atoms with Gasteiger partial charge in [0.05, 0.1) is 13.2 Å². The van der Waals surface area contributed by atoms with E-state index in [0.717, 1.165) is 25.2 Å². The van der Waals surface area contributed by atoms with Gasteiger partial charge >= 0.3 is 0 Å². The summed E-state index contributed by atoms with van der Waals surface area (Å²) in [6.45, 7) is 3.17. The van der Waals surface area contributed by atoms with Gasteiger partial charge in [-0.2, -0.15) is 0 Å². The molecule has 1 fully saturated rings. The predicted molar refractivity (Wildman–Crippen MR) is 90.7 cm³/mol. The van der Waals surface area contributed by atoms with Gasteiger partial charge in [-0.15, -0.1) is 0 Å². The van der Waals surface area contributed by atoms with Crippen LogP contribution < -0.4 is 4.74 Å². The fourth-order valence-electron chi connectivity index (χ4n) is 3.07. The molecule has 5 heteroatoms. The number of likely N-dealkylation sites (tertiary alicyclic amines) is 1. The molecule has 124 valence electrons. The van der Waals surface area contributed by atoms with Crippen LogP contribution >= 0.6 is 11.6 Å². The van der Waals surface area contributed by atoms with Gasteiger partial charge in [-0.1, -0.05) is 11.6 Å². The molecule has 1 atom stereocenters. The third-order valence-electron chi connectivity index (χ3n) is 4.62. The number of piperidine rings is 1. The minimum absolute atomic E-state index is 0.553. The minimum Gasteiger partial charge on any atom is -0.496 e. The van der Waals surface area contributed by atoms with Crippen LogP contribution in [-0.4, -0.2) is 61.8 Å². The van der Waals surface area contributed by atoms with Gasteiger partial charge in [0, 0.05) is 23.2 Å². The monoisotopic (exact) mass is 326 g/mol. The lowest BCUT2D eigenvalue weighted by atomic mass is 10.0. The summed E-state index contributed by atoms with van der Waals surface area (Å²) in [5.74, 6) is 0.693. The number of hydrogen-bond donors (Lipinski definition) is 1. The zero-order chi connectivity index (χ0) is 16.1. The molecule has 1 aliphatic rings. The standard InChI is InChI=1S/C17H27ClN2O2/c1-19-9-6-14(7-10-19)20(2)11-8-16(21)15-12-13(18)4-5-17(15)22-3/h4-5,12,14,16,21H,6-11H2,1-3H3. The Morgan fingerprint density at radius 3 is 2.73 bits per heavy atom. The Hall–Kier alpha value is -0.810. The summed E-state index contributed by atoms with van der Waals surface area (Å²) >= 11 is 6.03. The van der Waals surface area contributed by atoms with E-state index in [4.69, 9.17) is 16.3 Å². The molecule has 0 bridgehead atoms. The number of nitrogens with zero attached hydrogens (tertiary/aromatic N) is 2. The second-order valence-corrected chi connectivity index (χ2v) is 6.64. The van der Waals surface area contributed by atoms with E-state index in [9.17, 15) is 5.11 Å². The maximum atomic E-state index is 10.5. The fraction of sp³-hybridized carbons (Fsp3) is 0.647. The molecule has 1 unspecified atom stereocenters. The Balaban J connectivity index is 1.89. The Kier molecular flexibility index (Phi) is 6.50. The zero-order valence-electron chi connectivity index (χ0n) is 13.8. The Labute approximate surface area is 138 Å². The minimum atomic E-state index is -0.553. The first kappa shape index (κ1) is 17.5. The molecular weight excluding hydrogens is 300 g/mol. The highest BCUT2D eigenvalue weighted by atomic mass is 35.5. The second-order valence-electron chi connectivity index (χ2n) is 6.21. The summed E-state index contributed by atoms with van der Waals surface area (Å²) in [7, 11) is 5.94. The van der Waals surface area contributed by atoms with E-state index >= 15 is 0 Å². The Morgan fingerprint density at radius 1 is 1.41 bits per heavy atom. The van der Waals surface area contributed by atoms with E-state index in [-0.39, 0.29) is 0 Å². The lowest BCUT2D eigenvalue weighted by molar-refractivity contribution is 0.108. The highest BCUT2D eigenvalue weighted by molar-refractivity contribution is 6.30. The van der Waals surface area contributed by atoms with Crippen LogP contribution in [0.5, 0.6) is 5.75 Å². The summed E-state index contributed by atoms with van der Waals surface area (Å²) in [5, 5.41) is 11.1. The molecule has 0 amide bonds. The molecule has 2 rings (SSSR count). The number of methoxy groups -OCH3 is 1. The molecule has 4 nitrogen and oxygen atoms in total. The van der Waals surface area contributed by atoms with Crippen molar-refractivity contribution in [3.63, 3.8) is 0 Å². The van der Waals surface area contributed by atoms with Crippen LogP contribution in [0.15, 0.2) is 18.2 Å². The largest absolute Gasteiger partial charge is 0.496 e. The van der Waals surface area contributed by atoms with Crippen molar-refractivity contribution in [1.82, 2.24) is 9.80 Å². The quantitative estimate of drug-likeness (QED) is 0.872. The third-order valence-corrected chi connectivity index (χ3v) is 4.85. The van der Waals surface area contributed by atoms with Gasteiger partial charge in [-0.3, -0.25) is 0 Å². The van der Waals surface area contributed by atoms with Crippen molar-refractivity contribution in [3.8, 4) is 5.75 Å². The van der Waals surface area contributed by atoms with Gasteiger partial charge in [0.2, 0.25) is 0 Å². The van der Waals surface area contributed by atoms with Gasteiger partial charge in [-0.05, 0) is 64.6 Å². The van der Waals surface area contributed by atoms with Crippen LogP contribution in [0.25, 0.3) is 0 Å². The van der Waals surface area contributed by atoms with Gasteiger partial charge < -0.3 is 19.6 Å². The van der Waals surface area contributed by atoms with Crippen molar-refractivity contribution < 1.29 is 9.84 Å². The van der Waals surface area contributed by atoms with Crippen LogP contribution in [0.3, 0.4) is 0 Å². The molecule has 1 aliphatic heterocycles. The Bertz CT molecular complexity index is 476. The van der Waals surface area contributed by atoms with E-state index in [0.29, 0.717) is 23.2 Å². The third kappa shape index (κ3) is 4.59. The lowest BCUT2D eigenvalue weighted by Crippen LogP contribution is -2.42. The van der Waals surface area contributed by atoms with Crippen molar-refractivity contribution >= 4 is 11.6 Å². The van der Waals surface area contributed by atoms with E-state index in [2.05, 4.69) is 23.9 Å². The molecule has 1 aromatic carbocycles. The maximum Gasteiger partial charge on any atom is 0.124 e. The second kappa shape index (κ2) is 8.16. The van der Waals surface area contributed by atoms with Crippen LogP contribution in [0, 0.1) is 0 Å². The van der Waals surface area contributed by atoms with E-state index in [1.165, 1.54) is 12.8 Å². The van der Waals surface area contributed by atoms with E-state index in [1.807, 2.05) is 6.07 Å². The first-order chi connectivity index (χ1) is 10.5. The van der Waals surface area contributed by atoms with Gasteiger partial charge in [0.1, 0.15) is 5.75 Å². The number of benzene rings is 1. The highest BCUT2D eigenvalue weighted by Crippen LogP contribution is 2.30. The molecule has 0 radical (unpaired) electrons. The van der Waals surface area contributed by atoms with Crippen LogP contribution in [0.1, 0.15) is 30.9 Å². The zero-order valence-corrected chi connectivity index (χ0v) is 14.5. The summed E-state index contributed by atoms with van der Waals surface area (Å²) < 4.78 is 5.32. The summed E-state index contributed by atoms with van der Waals surface area (Å²) in [6, 6.07) is 5.99. The Morgan fingerprint density at radius 2 is 2.09 bits per heavy atom. The predicted octanol–water partition coefficient (Wildman–Crippen LogP) is 2.80. The van der Waals surface area contributed by atoms with Gasteiger partial charge in [0.25, 0.3) is 0 Å². The topological polar surface area (TPSA) is 35.9 Å². The normalized spacial score (nSPS) is 18.6. The molecule has 0 saturated carbocycles.